The lowest BCUT2D eigenvalue weighted by molar-refractivity contribution is 0.768. The maximum absolute atomic E-state index is 5.33. The molecule has 1 aliphatic carbocycles. The van der Waals surface area contributed by atoms with Crippen molar-refractivity contribution in [1.82, 2.24) is 14.5 Å². The Morgan fingerprint density at radius 1 is 0.510 bits per heavy atom. The van der Waals surface area contributed by atoms with Gasteiger partial charge in [-0.1, -0.05) is 140 Å². The van der Waals surface area contributed by atoms with E-state index in [4.69, 9.17) is 9.97 Å². The van der Waals surface area contributed by atoms with Crippen LogP contribution in [0.15, 0.2) is 176 Å². The molecule has 4 heteroatoms. The van der Waals surface area contributed by atoms with Gasteiger partial charge in [-0.3, -0.25) is 4.57 Å². The van der Waals surface area contributed by atoms with Crippen LogP contribution in [-0.2, 0) is 5.41 Å². The minimum Gasteiger partial charge on any atom is -0.278 e. The topological polar surface area (TPSA) is 30.7 Å². The number of rotatable bonds is 4. The summed E-state index contributed by atoms with van der Waals surface area (Å²) in [6.45, 7) is 0. The van der Waals surface area contributed by atoms with Crippen LogP contribution in [0.25, 0.3) is 70.3 Å². The molecule has 3 heterocycles. The first-order valence-corrected chi connectivity index (χ1v) is 18.1. The zero-order valence-corrected chi connectivity index (χ0v) is 28.3. The molecule has 0 aliphatic heterocycles. The molecule has 3 aromatic heterocycles. The number of nitrogens with zero attached hydrogens (tertiary/aromatic N) is 3. The molecule has 0 amide bonds. The fraction of sp³-hybridized carbons (Fsp3) is 0.0213. The number of benzene rings is 7. The smallest absolute Gasteiger partial charge is 0.235 e. The molecule has 238 valence electrons. The highest BCUT2D eigenvalue weighted by atomic mass is 32.1. The minimum absolute atomic E-state index is 0.469. The normalized spacial score (nSPS) is 13.3. The van der Waals surface area contributed by atoms with E-state index < -0.39 is 5.41 Å². The quantitative estimate of drug-likeness (QED) is 0.187. The van der Waals surface area contributed by atoms with Gasteiger partial charge in [-0.2, -0.15) is 0 Å². The highest BCUT2D eigenvalue weighted by Gasteiger charge is 2.46. The lowest BCUT2D eigenvalue weighted by Crippen LogP contribution is -2.28. The van der Waals surface area contributed by atoms with Gasteiger partial charge in [0.1, 0.15) is 0 Å². The van der Waals surface area contributed by atoms with E-state index in [1.54, 1.807) is 0 Å². The van der Waals surface area contributed by atoms with Crippen molar-refractivity contribution < 1.29 is 0 Å². The Bertz CT molecular complexity index is 2930. The van der Waals surface area contributed by atoms with Crippen molar-refractivity contribution >= 4 is 53.3 Å². The van der Waals surface area contributed by atoms with Crippen molar-refractivity contribution in [3.8, 4) is 28.3 Å². The number of fused-ring (bicyclic) bond motifs is 10. The van der Waals surface area contributed by atoms with E-state index in [0.29, 0.717) is 5.95 Å². The van der Waals surface area contributed by atoms with Crippen molar-refractivity contribution in [3.63, 3.8) is 0 Å². The average Bonchev–Trinajstić information content (AvgIpc) is 3.85. The molecule has 11 rings (SSSR count). The summed E-state index contributed by atoms with van der Waals surface area (Å²) in [5.41, 5.74) is 11.3. The molecule has 0 radical (unpaired) electrons. The molecule has 0 atom stereocenters. The van der Waals surface area contributed by atoms with Crippen LogP contribution in [0.4, 0.5) is 0 Å². The molecule has 0 unspecified atom stereocenters. The van der Waals surface area contributed by atoms with Crippen LogP contribution in [-0.4, -0.2) is 14.5 Å². The summed E-state index contributed by atoms with van der Waals surface area (Å²) in [4.78, 5) is 10.2. The summed E-state index contributed by atoms with van der Waals surface area (Å²) in [7, 11) is 0. The zero-order chi connectivity index (χ0) is 33.5. The van der Waals surface area contributed by atoms with Crippen molar-refractivity contribution in [2.45, 2.75) is 5.41 Å². The van der Waals surface area contributed by atoms with Crippen LogP contribution < -0.4 is 0 Å². The van der Waals surface area contributed by atoms with E-state index in [9.17, 15) is 0 Å². The van der Waals surface area contributed by atoms with Gasteiger partial charge in [0.2, 0.25) is 5.95 Å². The van der Waals surface area contributed by atoms with Gasteiger partial charge in [-0.05, 0) is 63.7 Å². The lowest BCUT2D eigenvalue weighted by atomic mass is 9.67. The Morgan fingerprint density at radius 3 is 2.02 bits per heavy atom. The number of para-hydroxylation sites is 1. The van der Waals surface area contributed by atoms with Crippen LogP contribution in [0.5, 0.6) is 0 Å². The first kappa shape index (κ1) is 28.5. The van der Waals surface area contributed by atoms with Crippen LogP contribution in [0.3, 0.4) is 0 Å². The third-order valence-corrected chi connectivity index (χ3v) is 12.0. The molecule has 7 aromatic carbocycles. The molecule has 1 aliphatic rings. The third-order valence-electron chi connectivity index (χ3n) is 10.8. The molecule has 3 nitrogen and oxygen atoms in total. The van der Waals surface area contributed by atoms with E-state index in [1.807, 2.05) is 23.6 Å². The van der Waals surface area contributed by atoms with Gasteiger partial charge >= 0.3 is 0 Å². The van der Waals surface area contributed by atoms with Gasteiger partial charge in [0.05, 0.1) is 22.1 Å². The minimum atomic E-state index is -0.469. The molecule has 0 spiro atoms. The molecule has 51 heavy (non-hydrogen) atoms. The predicted octanol–water partition coefficient (Wildman–Crippen LogP) is 12.0. The fourth-order valence-corrected chi connectivity index (χ4v) is 9.93. The number of hydrogen-bond donors (Lipinski definition) is 0. The van der Waals surface area contributed by atoms with Gasteiger partial charge in [-0.25, -0.2) is 9.97 Å². The summed E-state index contributed by atoms with van der Waals surface area (Å²) in [5.74, 6) is 0.667. The molecular weight excluding hydrogens is 639 g/mol. The molecule has 0 fully saturated rings. The number of hydrogen-bond acceptors (Lipinski definition) is 3. The summed E-state index contributed by atoms with van der Waals surface area (Å²) in [6.07, 6.45) is 1.90. The Morgan fingerprint density at radius 2 is 1.20 bits per heavy atom. The Kier molecular flexibility index (Phi) is 6.04. The molecule has 0 saturated carbocycles. The second kappa shape index (κ2) is 10.8. The van der Waals surface area contributed by atoms with Crippen molar-refractivity contribution in [1.29, 1.82) is 0 Å². The van der Waals surface area contributed by atoms with Gasteiger partial charge in [0, 0.05) is 42.7 Å². The second-order valence-electron chi connectivity index (χ2n) is 13.3. The molecular formula is C47H29N3S. The Balaban J connectivity index is 1.14. The van der Waals surface area contributed by atoms with E-state index in [0.717, 1.165) is 22.3 Å². The maximum Gasteiger partial charge on any atom is 0.235 e. The first-order chi connectivity index (χ1) is 25.3. The standard InChI is InChI=1S/C47H29N3S/c1-3-13-31(14-4-1)47(32-15-5-2-6-16-32)38-20-10-7-17-33(38)34-24-23-30(29-39(34)47)40-27-28-48-46(49-40)50-41-21-11-8-19-37(41)44-42(50)26-25-36-35-18-9-12-22-43(35)51-45(36)44/h1-29H. The largest absolute Gasteiger partial charge is 0.278 e. The summed E-state index contributed by atoms with van der Waals surface area (Å²) >= 11 is 1.86. The maximum atomic E-state index is 5.33. The first-order valence-electron chi connectivity index (χ1n) is 17.3. The third kappa shape index (κ3) is 3.94. The van der Waals surface area contributed by atoms with E-state index >= 15 is 0 Å². The van der Waals surface area contributed by atoms with Crippen molar-refractivity contribution in [2.24, 2.45) is 0 Å². The number of aromatic nitrogens is 3. The Labute approximate surface area is 298 Å². The van der Waals surface area contributed by atoms with Gasteiger partial charge in [-0.15, -0.1) is 11.3 Å². The zero-order valence-electron chi connectivity index (χ0n) is 27.5. The summed E-state index contributed by atoms with van der Waals surface area (Å²) in [5, 5.41) is 5.06. The van der Waals surface area contributed by atoms with Crippen LogP contribution in [0, 0.1) is 0 Å². The van der Waals surface area contributed by atoms with Crippen LogP contribution in [0.1, 0.15) is 22.3 Å². The highest BCUT2D eigenvalue weighted by Crippen LogP contribution is 2.56. The number of thiophene rings is 1. The van der Waals surface area contributed by atoms with Gasteiger partial charge in [0.15, 0.2) is 0 Å². The van der Waals surface area contributed by atoms with Crippen LogP contribution in [0.2, 0.25) is 0 Å². The molecule has 0 bridgehead atoms. The summed E-state index contributed by atoms with van der Waals surface area (Å²) in [6, 6.07) is 61.5. The average molecular weight is 668 g/mol. The van der Waals surface area contributed by atoms with Crippen molar-refractivity contribution in [2.75, 3.05) is 0 Å². The van der Waals surface area contributed by atoms with Crippen LogP contribution >= 0.6 is 11.3 Å². The van der Waals surface area contributed by atoms with E-state index in [-0.39, 0.29) is 0 Å². The second-order valence-corrected chi connectivity index (χ2v) is 14.4. The Hall–Kier alpha value is -6.36. The predicted molar refractivity (Wildman–Crippen MR) is 212 cm³/mol. The van der Waals surface area contributed by atoms with E-state index in [2.05, 4.69) is 168 Å². The SMILES string of the molecule is c1ccc(C2(c3ccccc3)c3ccccc3-c3ccc(-c4ccnc(-n5c6ccccc6c6c7sc8ccccc8c7ccc65)n4)cc32)cc1. The fourth-order valence-electron chi connectivity index (χ4n) is 8.67. The van der Waals surface area contributed by atoms with Crippen molar-refractivity contribution in [3.05, 3.63) is 198 Å². The molecule has 0 saturated heterocycles. The van der Waals surface area contributed by atoms with Gasteiger partial charge < -0.3 is 0 Å². The monoisotopic (exact) mass is 667 g/mol. The molecule has 10 aromatic rings. The molecule has 0 N–H and O–H groups in total. The van der Waals surface area contributed by atoms with Gasteiger partial charge in [0.25, 0.3) is 0 Å². The summed E-state index contributed by atoms with van der Waals surface area (Å²) < 4.78 is 4.84. The van der Waals surface area contributed by atoms with E-state index in [1.165, 1.54) is 64.3 Å². The lowest BCUT2D eigenvalue weighted by Gasteiger charge is -2.34. The highest BCUT2D eigenvalue weighted by molar-refractivity contribution is 7.26.